The van der Waals surface area contributed by atoms with E-state index in [0.29, 0.717) is 47.7 Å². The standard InChI is InChI=1S/C16H20F3N3O4S/c17-13(18)2-1-5-20-10-3-4-11-9(6-10)7-12(23)16(15(11)19)22-8-14(24)21-27(22,25)26/h7,10,13,20,23H,1-6,8H2,(H,21,24). The molecule has 11 heteroatoms. The molecule has 1 aromatic rings. The fraction of sp³-hybridized carbons (Fsp3) is 0.562. The first kappa shape index (κ1) is 19.7. The molecule has 1 aromatic carbocycles. The van der Waals surface area contributed by atoms with E-state index in [1.54, 1.807) is 4.72 Å². The van der Waals surface area contributed by atoms with Gasteiger partial charge in [0.15, 0.2) is 5.82 Å². The van der Waals surface area contributed by atoms with E-state index in [4.69, 9.17) is 0 Å². The summed E-state index contributed by atoms with van der Waals surface area (Å²) in [5.74, 6) is -2.23. The Morgan fingerprint density at radius 2 is 2.15 bits per heavy atom. The molecule has 0 bridgehead atoms. The molecule has 1 heterocycles. The van der Waals surface area contributed by atoms with E-state index in [2.05, 4.69) is 5.32 Å². The summed E-state index contributed by atoms with van der Waals surface area (Å²) in [7, 11) is -4.23. The molecular weight excluding hydrogens is 387 g/mol. The van der Waals surface area contributed by atoms with Crippen LogP contribution in [0.4, 0.5) is 18.9 Å². The van der Waals surface area contributed by atoms with E-state index in [-0.39, 0.29) is 12.5 Å². The number of rotatable bonds is 6. The molecule has 0 aromatic heterocycles. The number of nitrogens with zero attached hydrogens (tertiary/aromatic N) is 1. The highest BCUT2D eigenvalue weighted by Gasteiger charge is 2.39. The van der Waals surface area contributed by atoms with Gasteiger partial charge in [-0.15, -0.1) is 0 Å². The predicted molar refractivity (Wildman–Crippen MR) is 91.5 cm³/mol. The van der Waals surface area contributed by atoms with Crippen LogP contribution in [-0.2, 0) is 27.8 Å². The number of fused-ring (bicyclic) bond motifs is 1. The molecule has 0 spiro atoms. The molecule has 7 nitrogen and oxygen atoms in total. The second-order valence-electron chi connectivity index (χ2n) is 6.66. The number of halogens is 3. The van der Waals surface area contributed by atoms with Gasteiger partial charge >= 0.3 is 10.2 Å². The second kappa shape index (κ2) is 7.55. The number of aromatic hydroxyl groups is 1. The number of anilines is 1. The lowest BCUT2D eigenvalue weighted by Crippen LogP contribution is -2.36. The zero-order valence-corrected chi connectivity index (χ0v) is 15.2. The van der Waals surface area contributed by atoms with Crippen molar-refractivity contribution in [3.63, 3.8) is 0 Å². The van der Waals surface area contributed by atoms with Gasteiger partial charge in [0, 0.05) is 12.5 Å². The van der Waals surface area contributed by atoms with E-state index in [0.717, 1.165) is 0 Å². The quantitative estimate of drug-likeness (QED) is 0.616. The van der Waals surface area contributed by atoms with E-state index in [1.165, 1.54) is 6.07 Å². The first-order valence-corrected chi connectivity index (χ1v) is 10.0. The Kier molecular flexibility index (Phi) is 5.52. The number of phenolic OH excluding ortho intramolecular Hbond substituents is 1. The van der Waals surface area contributed by atoms with Gasteiger partial charge in [-0.3, -0.25) is 4.79 Å². The van der Waals surface area contributed by atoms with Crippen LogP contribution in [0.15, 0.2) is 6.07 Å². The van der Waals surface area contributed by atoms with Gasteiger partial charge in [-0.1, -0.05) is 0 Å². The lowest BCUT2D eigenvalue weighted by Gasteiger charge is -2.28. The summed E-state index contributed by atoms with van der Waals surface area (Å²) < 4.78 is 65.4. The van der Waals surface area contributed by atoms with Gasteiger partial charge < -0.3 is 10.4 Å². The van der Waals surface area contributed by atoms with Gasteiger partial charge in [-0.05, 0) is 49.4 Å². The van der Waals surface area contributed by atoms with Crippen molar-refractivity contribution in [1.82, 2.24) is 10.0 Å². The largest absolute Gasteiger partial charge is 0.506 e. The van der Waals surface area contributed by atoms with E-state index < -0.39 is 46.3 Å². The zero-order valence-electron chi connectivity index (χ0n) is 14.3. The molecule has 27 heavy (non-hydrogen) atoms. The molecule has 150 valence electrons. The summed E-state index contributed by atoms with van der Waals surface area (Å²) in [6.07, 6.45) is -0.965. The first-order valence-electron chi connectivity index (χ1n) is 8.57. The van der Waals surface area contributed by atoms with Crippen molar-refractivity contribution >= 4 is 21.8 Å². The molecule has 2 aliphatic rings. The van der Waals surface area contributed by atoms with Crippen LogP contribution in [0.3, 0.4) is 0 Å². The molecule has 1 aliphatic carbocycles. The number of hydrogen-bond donors (Lipinski definition) is 3. The number of phenols is 1. The monoisotopic (exact) mass is 407 g/mol. The van der Waals surface area contributed by atoms with Crippen LogP contribution in [0.2, 0.25) is 0 Å². The van der Waals surface area contributed by atoms with Gasteiger partial charge in [0.05, 0.1) is 0 Å². The summed E-state index contributed by atoms with van der Waals surface area (Å²) in [5.41, 5.74) is 0.292. The van der Waals surface area contributed by atoms with Crippen molar-refractivity contribution in [3.8, 4) is 5.75 Å². The number of amides is 1. The number of alkyl halides is 2. The van der Waals surface area contributed by atoms with Crippen molar-refractivity contribution in [2.45, 2.75) is 44.6 Å². The number of benzene rings is 1. The molecule has 1 aliphatic heterocycles. The van der Waals surface area contributed by atoms with E-state index in [1.807, 2.05) is 0 Å². The summed E-state index contributed by atoms with van der Waals surface area (Å²) in [6, 6.07) is 1.26. The van der Waals surface area contributed by atoms with Crippen molar-refractivity contribution in [2.75, 3.05) is 17.4 Å². The summed E-state index contributed by atoms with van der Waals surface area (Å²) in [6.45, 7) is -0.184. The third-order valence-corrected chi connectivity index (χ3v) is 6.10. The number of carbonyl (C=O) groups excluding carboxylic acids is 1. The highest BCUT2D eigenvalue weighted by molar-refractivity contribution is 7.92. The molecule has 1 saturated heterocycles. The van der Waals surface area contributed by atoms with Crippen LogP contribution in [0.5, 0.6) is 5.75 Å². The minimum absolute atomic E-state index is 0.0430. The Morgan fingerprint density at radius 3 is 2.78 bits per heavy atom. The van der Waals surface area contributed by atoms with Crippen LogP contribution in [-0.4, -0.2) is 45.0 Å². The Morgan fingerprint density at radius 1 is 1.41 bits per heavy atom. The van der Waals surface area contributed by atoms with Crippen LogP contribution in [0.25, 0.3) is 0 Å². The summed E-state index contributed by atoms with van der Waals surface area (Å²) in [5, 5.41) is 13.3. The van der Waals surface area contributed by atoms with Gasteiger partial charge in [0.25, 0.3) is 5.91 Å². The highest BCUT2D eigenvalue weighted by Crippen LogP contribution is 2.39. The predicted octanol–water partition coefficient (Wildman–Crippen LogP) is 1.20. The van der Waals surface area contributed by atoms with E-state index in [9.17, 15) is 31.5 Å². The van der Waals surface area contributed by atoms with Gasteiger partial charge in [0.1, 0.15) is 18.0 Å². The van der Waals surface area contributed by atoms with Crippen molar-refractivity contribution in [2.24, 2.45) is 0 Å². The fourth-order valence-corrected chi connectivity index (χ4v) is 4.64. The van der Waals surface area contributed by atoms with Crippen LogP contribution >= 0.6 is 0 Å². The maximum Gasteiger partial charge on any atom is 0.326 e. The molecule has 0 radical (unpaired) electrons. The van der Waals surface area contributed by atoms with E-state index >= 15 is 0 Å². The Labute approximate surface area is 154 Å². The maximum atomic E-state index is 15.0. The first-order chi connectivity index (χ1) is 12.7. The topological polar surface area (TPSA) is 98.7 Å². The van der Waals surface area contributed by atoms with Crippen LogP contribution in [0, 0.1) is 5.82 Å². The molecule has 1 fully saturated rings. The fourth-order valence-electron chi connectivity index (χ4n) is 3.48. The smallest absolute Gasteiger partial charge is 0.326 e. The summed E-state index contributed by atoms with van der Waals surface area (Å²) in [4.78, 5) is 11.4. The molecule has 1 unspecified atom stereocenters. The lowest BCUT2D eigenvalue weighted by atomic mass is 9.87. The molecule has 0 saturated carbocycles. The van der Waals surface area contributed by atoms with Gasteiger partial charge in [0.2, 0.25) is 6.43 Å². The average molecular weight is 407 g/mol. The number of carbonyl (C=O) groups is 1. The normalized spacial score (nSPS) is 21.4. The zero-order chi connectivity index (χ0) is 19.8. The lowest BCUT2D eigenvalue weighted by molar-refractivity contribution is -0.117. The molecular formula is C16H20F3N3O4S. The van der Waals surface area contributed by atoms with Crippen LogP contribution < -0.4 is 14.3 Å². The Balaban J connectivity index is 1.77. The minimum Gasteiger partial charge on any atom is -0.506 e. The minimum atomic E-state index is -4.23. The SMILES string of the molecule is O=C1CN(c2c(O)cc3c(c2F)CCC(NCCCC(F)F)C3)S(=O)(=O)N1. The molecule has 1 atom stereocenters. The number of nitrogens with one attached hydrogen (secondary N) is 2. The third-order valence-electron chi connectivity index (χ3n) is 4.72. The van der Waals surface area contributed by atoms with Gasteiger partial charge in [-0.2, -0.15) is 8.42 Å². The Bertz CT molecular complexity index is 848. The molecule has 3 N–H and O–H groups in total. The van der Waals surface area contributed by atoms with Crippen LogP contribution in [0.1, 0.15) is 30.4 Å². The van der Waals surface area contributed by atoms with Gasteiger partial charge in [-0.25, -0.2) is 22.2 Å². The van der Waals surface area contributed by atoms with Crippen molar-refractivity contribution in [1.29, 1.82) is 0 Å². The highest BCUT2D eigenvalue weighted by atomic mass is 32.2. The van der Waals surface area contributed by atoms with Crippen molar-refractivity contribution < 1.29 is 31.5 Å². The third kappa shape index (κ3) is 4.13. The average Bonchev–Trinajstić information content (AvgIpc) is 2.83. The molecule has 1 amide bonds. The van der Waals surface area contributed by atoms with Crippen molar-refractivity contribution in [3.05, 3.63) is 23.0 Å². The number of hydrogen-bond acceptors (Lipinski definition) is 5. The summed E-state index contributed by atoms with van der Waals surface area (Å²) >= 11 is 0. The Hall–Kier alpha value is -2.01. The second-order valence-corrected chi connectivity index (χ2v) is 8.26. The maximum absolute atomic E-state index is 15.0. The molecule has 3 rings (SSSR count).